The summed E-state index contributed by atoms with van der Waals surface area (Å²) >= 11 is 9.59. The van der Waals surface area contributed by atoms with Gasteiger partial charge in [-0.05, 0) is 79.9 Å². The molecule has 4 rings (SSSR count). The van der Waals surface area contributed by atoms with Gasteiger partial charge >= 0.3 is 0 Å². The van der Waals surface area contributed by atoms with E-state index in [0.717, 1.165) is 19.9 Å². The van der Waals surface area contributed by atoms with Gasteiger partial charge < -0.3 is 15.0 Å². The molecule has 0 aliphatic rings. The lowest BCUT2D eigenvalue weighted by Gasteiger charge is -2.34. The molecule has 0 bridgehead atoms. The minimum atomic E-state index is -4.31. The van der Waals surface area contributed by atoms with Gasteiger partial charge in [0.05, 0.1) is 17.2 Å². The van der Waals surface area contributed by atoms with Gasteiger partial charge in [-0.3, -0.25) is 13.9 Å². The van der Waals surface area contributed by atoms with Crippen LogP contribution in [0.15, 0.2) is 112 Å². The standard InChI is InChI=1S/C36H39BrClN3O5S/c1-4-26(3)39-36(43)33(23-27-12-7-6-8-13-27)40(24-28-14-11-15-29(37)22-28)35(42)25-41(32-16-9-10-17-34(32)46-5-2)47(44,45)31-20-18-30(38)19-21-31/h6-22,26,33H,4-5,23-25H2,1-3H3,(H,39,43)/t26-,33-/m0/s1. The summed E-state index contributed by atoms with van der Waals surface area (Å²) in [5, 5.41) is 3.42. The molecule has 2 amide bonds. The highest BCUT2D eigenvalue weighted by Crippen LogP contribution is 2.33. The summed E-state index contributed by atoms with van der Waals surface area (Å²) in [6.07, 6.45) is 0.924. The fourth-order valence-electron chi connectivity index (χ4n) is 5.01. The van der Waals surface area contributed by atoms with Gasteiger partial charge in [0.2, 0.25) is 11.8 Å². The molecule has 248 valence electrons. The number of ether oxygens (including phenoxy) is 1. The van der Waals surface area contributed by atoms with E-state index in [1.807, 2.05) is 68.4 Å². The van der Waals surface area contributed by atoms with Crippen LogP contribution in [0.5, 0.6) is 5.75 Å². The smallest absolute Gasteiger partial charge is 0.264 e. The Hall–Kier alpha value is -3.86. The molecule has 0 aliphatic heterocycles. The summed E-state index contributed by atoms with van der Waals surface area (Å²) < 4.78 is 36.3. The van der Waals surface area contributed by atoms with Crippen molar-refractivity contribution < 1.29 is 22.7 Å². The molecule has 0 saturated heterocycles. The zero-order chi connectivity index (χ0) is 34.0. The van der Waals surface area contributed by atoms with Gasteiger partial charge in [-0.1, -0.05) is 89.1 Å². The summed E-state index contributed by atoms with van der Waals surface area (Å²) in [5.41, 5.74) is 1.82. The molecule has 0 spiro atoms. The summed E-state index contributed by atoms with van der Waals surface area (Å²) in [4.78, 5) is 30.1. The predicted molar refractivity (Wildman–Crippen MR) is 190 cm³/mol. The number of hydrogen-bond acceptors (Lipinski definition) is 5. The highest BCUT2D eigenvalue weighted by Gasteiger charge is 2.36. The molecule has 8 nitrogen and oxygen atoms in total. The molecule has 0 fully saturated rings. The van der Waals surface area contributed by atoms with Crippen molar-refractivity contribution in [3.05, 3.63) is 124 Å². The third kappa shape index (κ3) is 9.59. The first-order chi connectivity index (χ1) is 22.5. The number of nitrogens with zero attached hydrogens (tertiary/aromatic N) is 2. The normalized spacial score (nSPS) is 12.5. The van der Waals surface area contributed by atoms with Crippen molar-refractivity contribution in [1.82, 2.24) is 10.2 Å². The minimum absolute atomic E-state index is 0.0464. The average Bonchev–Trinajstić information content (AvgIpc) is 3.06. The molecule has 0 aromatic heterocycles. The molecule has 0 saturated carbocycles. The third-order valence-corrected chi connectivity index (χ3v) is 10.1. The lowest BCUT2D eigenvalue weighted by atomic mass is 10.0. The van der Waals surface area contributed by atoms with E-state index in [2.05, 4.69) is 21.2 Å². The summed E-state index contributed by atoms with van der Waals surface area (Å²) in [7, 11) is -4.31. The Kier molecular flexibility index (Phi) is 12.9. The number of hydrogen-bond donors (Lipinski definition) is 1. The summed E-state index contributed by atoms with van der Waals surface area (Å²) in [6, 6.07) is 28.3. The van der Waals surface area contributed by atoms with Gasteiger partial charge in [-0.2, -0.15) is 0 Å². The van der Waals surface area contributed by atoms with Gasteiger partial charge in [-0.25, -0.2) is 8.42 Å². The molecule has 0 unspecified atom stereocenters. The zero-order valence-electron chi connectivity index (χ0n) is 26.6. The Bertz CT molecular complexity index is 1760. The number of para-hydroxylation sites is 2. The van der Waals surface area contributed by atoms with Crippen LogP contribution in [0, 0.1) is 0 Å². The molecule has 2 atom stereocenters. The summed E-state index contributed by atoms with van der Waals surface area (Å²) in [5.74, 6) is -0.586. The molecular formula is C36H39BrClN3O5S. The number of benzene rings is 4. The van der Waals surface area contributed by atoms with Crippen molar-refractivity contribution in [3.63, 3.8) is 0 Å². The van der Waals surface area contributed by atoms with Gasteiger partial charge in [0.25, 0.3) is 10.0 Å². The lowest BCUT2D eigenvalue weighted by molar-refractivity contribution is -0.140. The Morgan fingerprint density at radius 3 is 2.21 bits per heavy atom. The van der Waals surface area contributed by atoms with Crippen molar-refractivity contribution in [2.45, 2.75) is 57.1 Å². The van der Waals surface area contributed by atoms with Gasteiger partial charge in [0.1, 0.15) is 18.3 Å². The van der Waals surface area contributed by atoms with E-state index in [9.17, 15) is 18.0 Å². The Labute approximate surface area is 290 Å². The number of rotatable bonds is 15. The topological polar surface area (TPSA) is 96.0 Å². The van der Waals surface area contributed by atoms with Crippen LogP contribution in [0.4, 0.5) is 5.69 Å². The maximum absolute atomic E-state index is 14.7. The summed E-state index contributed by atoms with van der Waals surface area (Å²) in [6.45, 7) is 5.42. The fraction of sp³-hybridized carbons (Fsp3) is 0.278. The molecule has 4 aromatic rings. The fourth-order valence-corrected chi connectivity index (χ4v) is 7.01. The number of anilines is 1. The maximum Gasteiger partial charge on any atom is 0.264 e. The number of sulfonamides is 1. The first kappa shape index (κ1) is 36.0. The van der Waals surface area contributed by atoms with Crippen molar-refractivity contribution in [2.24, 2.45) is 0 Å². The molecule has 47 heavy (non-hydrogen) atoms. The predicted octanol–water partition coefficient (Wildman–Crippen LogP) is 7.25. The van der Waals surface area contributed by atoms with Crippen LogP contribution < -0.4 is 14.4 Å². The average molecular weight is 741 g/mol. The van der Waals surface area contributed by atoms with E-state index in [1.54, 1.807) is 31.2 Å². The Morgan fingerprint density at radius 2 is 1.55 bits per heavy atom. The van der Waals surface area contributed by atoms with Crippen LogP contribution in [-0.2, 0) is 32.6 Å². The third-order valence-electron chi connectivity index (χ3n) is 7.63. The van der Waals surface area contributed by atoms with Crippen LogP contribution in [0.3, 0.4) is 0 Å². The van der Waals surface area contributed by atoms with Crippen molar-refractivity contribution in [3.8, 4) is 5.75 Å². The van der Waals surface area contributed by atoms with Crippen LogP contribution in [0.1, 0.15) is 38.3 Å². The molecule has 0 aliphatic carbocycles. The lowest BCUT2D eigenvalue weighted by Crippen LogP contribution is -2.54. The quantitative estimate of drug-likeness (QED) is 0.139. The number of amides is 2. The SMILES string of the molecule is CCOc1ccccc1N(CC(=O)N(Cc1cccc(Br)c1)[C@@H](Cc1ccccc1)C(=O)N[C@@H](C)CC)S(=O)(=O)c1ccc(Cl)cc1. The molecule has 1 N–H and O–H groups in total. The second kappa shape index (κ2) is 16.8. The molecule has 11 heteroatoms. The van der Waals surface area contributed by atoms with Crippen LogP contribution in [0.25, 0.3) is 0 Å². The van der Waals surface area contributed by atoms with Crippen LogP contribution >= 0.6 is 27.5 Å². The second-order valence-electron chi connectivity index (χ2n) is 11.0. The van der Waals surface area contributed by atoms with Crippen LogP contribution in [-0.4, -0.2) is 50.4 Å². The Morgan fingerprint density at radius 1 is 0.894 bits per heavy atom. The van der Waals surface area contributed by atoms with Crippen LogP contribution in [0.2, 0.25) is 5.02 Å². The molecular weight excluding hydrogens is 702 g/mol. The molecule has 0 radical (unpaired) electrons. The van der Waals surface area contributed by atoms with Gasteiger partial charge in [0, 0.05) is 28.5 Å². The van der Waals surface area contributed by atoms with E-state index in [1.165, 1.54) is 29.2 Å². The highest BCUT2D eigenvalue weighted by atomic mass is 79.9. The van der Waals surface area contributed by atoms with Gasteiger partial charge in [-0.15, -0.1) is 0 Å². The first-order valence-corrected chi connectivity index (χ1v) is 18.0. The monoisotopic (exact) mass is 739 g/mol. The van der Waals surface area contributed by atoms with E-state index in [-0.39, 0.29) is 42.1 Å². The molecule has 4 aromatic carbocycles. The second-order valence-corrected chi connectivity index (χ2v) is 14.3. The first-order valence-electron chi connectivity index (χ1n) is 15.4. The molecule has 0 heterocycles. The minimum Gasteiger partial charge on any atom is -0.492 e. The van der Waals surface area contributed by atoms with E-state index in [4.69, 9.17) is 16.3 Å². The highest BCUT2D eigenvalue weighted by molar-refractivity contribution is 9.10. The van der Waals surface area contributed by atoms with E-state index in [0.29, 0.717) is 17.2 Å². The van der Waals surface area contributed by atoms with Crippen molar-refractivity contribution in [2.75, 3.05) is 17.5 Å². The van der Waals surface area contributed by atoms with E-state index >= 15 is 0 Å². The number of carbonyl (C=O) groups excluding carboxylic acids is 2. The number of halogens is 2. The number of nitrogens with one attached hydrogen (secondary N) is 1. The Balaban J connectivity index is 1.84. The van der Waals surface area contributed by atoms with Crippen molar-refractivity contribution in [1.29, 1.82) is 0 Å². The van der Waals surface area contributed by atoms with Crippen molar-refractivity contribution >= 4 is 55.1 Å². The number of carbonyl (C=O) groups is 2. The van der Waals surface area contributed by atoms with E-state index < -0.39 is 28.5 Å². The largest absolute Gasteiger partial charge is 0.492 e. The van der Waals surface area contributed by atoms with Gasteiger partial charge in [0.15, 0.2) is 0 Å². The zero-order valence-corrected chi connectivity index (χ0v) is 29.8. The maximum atomic E-state index is 14.7.